The van der Waals surface area contributed by atoms with Crippen LogP contribution in [0.1, 0.15) is 37.3 Å². The van der Waals surface area contributed by atoms with Crippen LogP contribution in [-0.4, -0.2) is 5.78 Å². The number of fused-ring (bicyclic) bond motifs is 1. The first-order valence-electron chi connectivity index (χ1n) is 5.66. The molecule has 2 nitrogen and oxygen atoms in total. The first-order valence-corrected chi connectivity index (χ1v) is 5.66. The van der Waals surface area contributed by atoms with E-state index in [2.05, 4.69) is 12.1 Å². The van der Waals surface area contributed by atoms with Gasteiger partial charge in [0.2, 0.25) is 0 Å². The summed E-state index contributed by atoms with van der Waals surface area (Å²) in [7, 11) is 0. The van der Waals surface area contributed by atoms with Crippen LogP contribution in [0.15, 0.2) is 30.5 Å². The zero-order valence-electron chi connectivity index (χ0n) is 9.53. The van der Waals surface area contributed by atoms with Gasteiger partial charge in [-0.3, -0.25) is 0 Å². The largest absolute Gasteiger partial charge is 0.496 e. The van der Waals surface area contributed by atoms with Crippen LogP contribution in [0, 0.1) is 0 Å². The van der Waals surface area contributed by atoms with E-state index < -0.39 is 0 Å². The molecule has 0 saturated heterocycles. The number of allylic oxidation sites excluding steroid dienone is 1. The Labute approximate surface area is 95.9 Å². The number of Topliss-reactive ketones (excluding diaryl/α,β-unsaturated/α-hetero) is 1. The molecule has 1 heterocycles. The maximum absolute atomic E-state index is 10.9. The van der Waals surface area contributed by atoms with E-state index >= 15 is 0 Å². The van der Waals surface area contributed by atoms with E-state index in [-0.39, 0.29) is 5.78 Å². The van der Waals surface area contributed by atoms with Crippen molar-refractivity contribution in [1.29, 1.82) is 0 Å². The highest BCUT2D eigenvalue weighted by Gasteiger charge is 2.12. The Kier molecular flexibility index (Phi) is 3.40. The maximum atomic E-state index is 10.9. The average Bonchev–Trinajstić information content (AvgIpc) is 2.29. The monoisotopic (exact) mass is 216 g/mol. The first-order chi connectivity index (χ1) is 7.77. The minimum atomic E-state index is 0.255. The minimum absolute atomic E-state index is 0.255. The second-order valence-electron chi connectivity index (χ2n) is 4.17. The molecule has 0 amide bonds. The molecule has 2 heteroatoms. The molecule has 1 aromatic rings. The Hall–Kier alpha value is -1.57. The highest BCUT2D eigenvalue weighted by atomic mass is 16.5. The van der Waals surface area contributed by atoms with Gasteiger partial charge in [-0.15, -0.1) is 0 Å². The molecule has 2 rings (SSSR count). The van der Waals surface area contributed by atoms with Gasteiger partial charge in [-0.2, -0.15) is 0 Å². The summed E-state index contributed by atoms with van der Waals surface area (Å²) in [5.41, 5.74) is 3.73. The van der Waals surface area contributed by atoms with Crippen LogP contribution >= 0.6 is 0 Å². The SMILES string of the molecule is CC(=O)CCCC1=COCc2ccccc21. The standard InChI is InChI=1S/C14H16O2/c1-11(15)5-4-7-13-10-16-9-12-6-2-3-8-14(12)13/h2-3,6,8,10H,4-5,7,9H2,1H3. The smallest absolute Gasteiger partial charge is 0.129 e. The van der Waals surface area contributed by atoms with Crippen molar-refractivity contribution >= 4 is 11.4 Å². The highest BCUT2D eigenvalue weighted by molar-refractivity contribution is 5.76. The van der Waals surface area contributed by atoms with E-state index in [0.29, 0.717) is 13.0 Å². The molecule has 16 heavy (non-hydrogen) atoms. The Morgan fingerprint density at radius 2 is 2.19 bits per heavy atom. The Morgan fingerprint density at radius 3 is 3.00 bits per heavy atom. The van der Waals surface area contributed by atoms with Crippen LogP contribution in [0.3, 0.4) is 0 Å². The minimum Gasteiger partial charge on any atom is -0.496 e. The van der Waals surface area contributed by atoms with Gasteiger partial charge in [-0.25, -0.2) is 0 Å². The van der Waals surface area contributed by atoms with Gasteiger partial charge in [0.05, 0.1) is 6.26 Å². The topological polar surface area (TPSA) is 26.3 Å². The van der Waals surface area contributed by atoms with Crippen LogP contribution in [0.5, 0.6) is 0 Å². The molecule has 0 bridgehead atoms. The number of rotatable bonds is 4. The van der Waals surface area contributed by atoms with Crippen LogP contribution in [0.4, 0.5) is 0 Å². The molecular weight excluding hydrogens is 200 g/mol. The van der Waals surface area contributed by atoms with E-state index in [1.807, 2.05) is 18.4 Å². The van der Waals surface area contributed by atoms with Gasteiger partial charge in [0.1, 0.15) is 12.4 Å². The highest BCUT2D eigenvalue weighted by Crippen LogP contribution is 2.28. The van der Waals surface area contributed by atoms with Gasteiger partial charge < -0.3 is 9.53 Å². The summed E-state index contributed by atoms with van der Waals surface area (Å²) >= 11 is 0. The van der Waals surface area contributed by atoms with Crippen LogP contribution in [0.25, 0.3) is 5.57 Å². The quantitative estimate of drug-likeness (QED) is 0.771. The molecule has 0 saturated carbocycles. The molecule has 0 radical (unpaired) electrons. The molecule has 0 aliphatic carbocycles. The van der Waals surface area contributed by atoms with Crippen molar-refractivity contribution in [3.63, 3.8) is 0 Å². The lowest BCUT2D eigenvalue weighted by atomic mass is 9.95. The lowest BCUT2D eigenvalue weighted by Gasteiger charge is -2.17. The van der Waals surface area contributed by atoms with Gasteiger partial charge in [0.15, 0.2) is 0 Å². The number of hydrogen-bond acceptors (Lipinski definition) is 2. The molecule has 84 valence electrons. The number of hydrogen-bond donors (Lipinski definition) is 0. The Morgan fingerprint density at radius 1 is 1.38 bits per heavy atom. The third-order valence-electron chi connectivity index (χ3n) is 2.80. The maximum Gasteiger partial charge on any atom is 0.129 e. The average molecular weight is 216 g/mol. The van der Waals surface area contributed by atoms with Crippen LogP contribution in [0.2, 0.25) is 0 Å². The zero-order chi connectivity index (χ0) is 11.4. The van der Waals surface area contributed by atoms with E-state index in [4.69, 9.17) is 4.74 Å². The molecule has 1 aromatic carbocycles. The number of ketones is 1. The first kappa shape index (κ1) is 10.9. The second kappa shape index (κ2) is 4.97. The fraction of sp³-hybridized carbons (Fsp3) is 0.357. The van der Waals surface area contributed by atoms with E-state index in [9.17, 15) is 4.79 Å². The van der Waals surface area contributed by atoms with Crippen LogP contribution in [-0.2, 0) is 16.1 Å². The predicted molar refractivity (Wildman–Crippen MR) is 63.7 cm³/mol. The summed E-state index contributed by atoms with van der Waals surface area (Å²) in [5, 5.41) is 0. The van der Waals surface area contributed by atoms with Crippen molar-refractivity contribution < 1.29 is 9.53 Å². The van der Waals surface area contributed by atoms with Crippen molar-refractivity contribution in [2.45, 2.75) is 32.8 Å². The number of carbonyl (C=O) groups excluding carboxylic acids is 1. The fourth-order valence-corrected chi connectivity index (χ4v) is 1.98. The summed E-state index contributed by atoms with van der Waals surface area (Å²) in [6.07, 6.45) is 4.30. The van der Waals surface area contributed by atoms with Crippen molar-refractivity contribution in [3.05, 3.63) is 41.7 Å². The van der Waals surface area contributed by atoms with Crippen molar-refractivity contribution in [2.75, 3.05) is 0 Å². The molecule has 0 fully saturated rings. The van der Waals surface area contributed by atoms with E-state index in [1.54, 1.807) is 6.92 Å². The molecule has 1 aliphatic heterocycles. The normalized spacial score (nSPS) is 13.7. The molecular formula is C14H16O2. The third-order valence-corrected chi connectivity index (χ3v) is 2.80. The zero-order valence-corrected chi connectivity index (χ0v) is 9.53. The van der Waals surface area contributed by atoms with Crippen molar-refractivity contribution in [3.8, 4) is 0 Å². The molecule has 0 unspecified atom stereocenters. The number of benzene rings is 1. The van der Waals surface area contributed by atoms with E-state index in [1.165, 1.54) is 16.7 Å². The molecule has 0 aromatic heterocycles. The summed E-state index contributed by atoms with van der Waals surface area (Å²) in [6, 6.07) is 8.29. The lowest BCUT2D eigenvalue weighted by molar-refractivity contribution is -0.117. The molecule has 0 spiro atoms. The lowest BCUT2D eigenvalue weighted by Crippen LogP contribution is -2.02. The molecule has 1 aliphatic rings. The van der Waals surface area contributed by atoms with Gasteiger partial charge in [-0.05, 0) is 36.5 Å². The van der Waals surface area contributed by atoms with Crippen molar-refractivity contribution in [1.82, 2.24) is 0 Å². The summed E-state index contributed by atoms with van der Waals surface area (Å²) < 4.78 is 5.42. The van der Waals surface area contributed by atoms with Gasteiger partial charge in [0.25, 0.3) is 0 Å². The number of carbonyl (C=O) groups is 1. The summed E-state index contributed by atoms with van der Waals surface area (Å²) in [6.45, 7) is 2.30. The fourth-order valence-electron chi connectivity index (χ4n) is 1.98. The van der Waals surface area contributed by atoms with E-state index in [0.717, 1.165) is 12.8 Å². The van der Waals surface area contributed by atoms with Gasteiger partial charge in [-0.1, -0.05) is 24.3 Å². The van der Waals surface area contributed by atoms with Gasteiger partial charge >= 0.3 is 0 Å². The molecule has 0 atom stereocenters. The van der Waals surface area contributed by atoms with Crippen LogP contribution < -0.4 is 0 Å². The second-order valence-corrected chi connectivity index (χ2v) is 4.17. The Balaban J connectivity index is 2.05. The van der Waals surface area contributed by atoms with Crippen molar-refractivity contribution in [2.24, 2.45) is 0 Å². The summed E-state index contributed by atoms with van der Waals surface area (Å²) in [4.78, 5) is 10.9. The predicted octanol–water partition coefficient (Wildman–Crippen LogP) is 3.32. The molecule has 0 N–H and O–H groups in total. The Bertz CT molecular complexity index is 418. The summed E-state index contributed by atoms with van der Waals surface area (Å²) in [5.74, 6) is 0.255. The third kappa shape index (κ3) is 2.51. The van der Waals surface area contributed by atoms with Gasteiger partial charge in [0, 0.05) is 6.42 Å². The number of ether oxygens (including phenoxy) is 1.